The Hall–Kier alpha value is -2.67. The van der Waals surface area contributed by atoms with Gasteiger partial charge in [-0.3, -0.25) is 0 Å². The topological polar surface area (TPSA) is 79.0 Å². The molecule has 0 amide bonds. The molecule has 0 saturated carbocycles. The highest BCUT2D eigenvalue weighted by atomic mass is 16.5. The predicted molar refractivity (Wildman–Crippen MR) is 111 cm³/mol. The minimum atomic E-state index is 0.600. The van der Waals surface area contributed by atoms with Crippen LogP contribution in [0.1, 0.15) is 24.4 Å². The number of anilines is 1. The van der Waals surface area contributed by atoms with Crippen LogP contribution in [-0.2, 0) is 6.42 Å². The molecule has 1 fully saturated rings. The molecule has 148 valence electrons. The third-order valence-corrected chi connectivity index (χ3v) is 5.30. The van der Waals surface area contributed by atoms with E-state index in [0.29, 0.717) is 11.8 Å². The molecule has 0 radical (unpaired) electrons. The summed E-state index contributed by atoms with van der Waals surface area (Å²) in [7, 11) is 1.62. The number of likely N-dealkylation sites (tertiary alicyclic amines) is 1. The van der Waals surface area contributed by atoms with Crippen molar-refractivity contribution >= 4 is 17.0 Å². The minimum Gasteiger partial charge on any atom is -0.481 e. The maximum absolute atomic E-state index is 5.16. The van der Waals surface area contributed by atoms with E-state index in [0.717, 1.165) is 61.0 Å². The number of rotatable bonds is 8. The lowest BCUT2D eigenvalue weighted by molar-refractivity contribution is 0.321. The van der Waals surface area contributed by atoms with Gasteiger partial charge in [-0.15, -0.1) is 0 Å². The first kappa shape index (κ1) is 18.7. The van der Waals surface area contributed by atoms with Gasteiger partial charge >= 0.3 is 0 Å². The number of hydrogen-bond donors (Lipinski definition) is 2. The summed E-state index contributed by atoms with van der Waals surface area (Å²) in [5.41, 5.74) is 2.75. The molecule has 1 aliphatic rings. The molecule has 7 heteroatoms. The Balaban J connectivity index is 1.21. The molecule has 28 heavy (non-hydrogen) atoms. The van der Waals surface area contributed by atoms with Crippen LogP contribution in [0.5, 0.6) is 5.88 Å². The van der Waals surface area contributed by atoms with E-state index in [-0.39, 0.29) is 0 Å². The van der Waals surface area contributed by atoms with Gasteiger partial charge in [0.15, 0.2) is 5.65 Å². The van der Waals surface area contributed by atoms with Crippen molar-refractivity contribution in [2.24, 2.45) is 5.92 Å². The smallest absolute Gasteiger partial charge is 0.215 e. The molecule has 0 unspecified atom stereocenters. The van der Waals surface area contributed by atoms with Gasteiger partial charge in [-0.05, 0) is 57.0 Å². The monoisotopic (exact) mass is 380 g/mol. The number of aromatic nitrogens is 4. The summed E-state index contributed by atoms with van der Waals surface area (Å²) in [4.78, 5) is 19.4. The normalized spacial score (nSPS) is 17.3. The lowest BCUT2D eigenvalue weighted by Gasteiger charge is -2.16. The van der Waals surface area contributed by atoms with Crippen LogP contribution in [0.15, 0.2) is 30.3 Å². The van der Waals surface area contributed by atoms with E-state index >= 15 is 0 Å². The Morgan fingerprint density at radius 2 is 2.14 bits per heavy atom. The maximum atomic E-state index is 5.16. The first-order valence-electron chi connectivity index (χ1n) is 9.99. The number of aryl methyl sites for hydroxylation is 2. The van der Waals surface area contributed by atoms with E-state index in [1.807, 2.05) is 31.2 Å². The van der Waals surface area contributed by atoms with Gasteiger partial charge in [-0.1, -0.05) is 6.07 Å². The third kappa shape index (κ3) is 4.59. The summed E-state index contributed by atoms with van der Waals surface area (Å²) in [6.07, 6.45) is 3.27. The molecule has 1 atom stereocenters. The number of nitrogens with zero attached hydrogens (tertiary/aromatic N) is 4. The predicted octanol–water partition coefficient (Wildman–Crippen LogP) is 3.04. The van der Waals surface area contributed by atoms with Gasteiger partial charge in [0.25, 0.3) is 0 Å². The molecule has 1 saturated heterocycles. The molecule has 4 heterocycles. The van der Waals surface area contributed by atoms with Crippen LogP contribution >= 0.6 is 0 Å². The zero-order valence-corrected chi connectivity index (χ0v) is 16.6. The molecular formula is C21H28N6O. The van der Waals surface area contributed by atoms with E-state index in [4.69, 9.17) is 4.74 Å². The summed E-state index contributed by atoms with van der Waals surface area (Å²) in [5.74, 6) is 3.26. The number of nitrogens with one attached hydrogen (secondary N) is 2. The second-order valence-electron chi connectivity index (χ2n) is 7.51. The second kappa shape index (κ2) is 8.56. The molecule has 1 aliphatic heterocycles. The van der Waals surface area contributed by atoms with Crippen molar-refractivity contribution in [3.05, 3.63) is 41.9 Å². The van der Waals surface area contributed by atoms with Crippen LogP contribution < -0.4 is 10.1 Å². The van der Waals surface area contributed by atoms with E-state index in [2.05, 4.69) is 36.2 Å². The number of methoxy groups -OCH3 is 1. The Morgan fingerprint density at radius 3 is 3.00 bits per heavy atom. The molecular weight excluding hydrogens is 352 g/mol. The molecule has 0 spiro atoms. The molecule has 3 aromatic heterocycles. The molecule has 0 aromatic carbocycles. The van der Waals surface area contributed by atoms with Gasteiger partial charge in [-0.25, -0.2) is 9.97 Å². The van der Waals surface area contributed by atoms with Crippen molar-refractivity contribution in [3.63, 3.8) is 0 Å². The van der Waals surface area contributed by atoms with Crippen LogP contribution in [0.25, 0.3) is 11.2 Å². The quantitative estimate of drug-likeness (QED) is 0.625. The zero-order valence-electron chi connectivity index (χ0n) is 16.6. The van der Waals surface area contributed by atoms with Crippen LogP contribution in [0.4, 0.5) is 5.82 Å². The standard InChI is InChI=1S/C21H28N6O/c1-15-5-3-6-18(23-15)22-13-16-10-12-27(14-16)11-4-7-19-24-17-8-9-20(28-2)26-21(17)25-19/h3,5-6,8-9,16H,4,7,10-14H2,1-2H3,(H,22,23)(H,24,25,26)/t16-/m0/s1. The molecule has 0 bridgehead atoms. The van der Waals surface area contributed by atoms with Crippen molar-refractivity contribution in [3.8, 4) is 5.88 Å². The van der Waals surface area contributed by atoms with E-state index in [1.54, 1.807) is 7.11 Å². The number of hydrogen-bond acceptors (Lipinski definition) is 6. The Kier molecular flexibility index (Phi) is 5.71. The number of imidazole rings is 1. The van der Waals surface area contributed by atoms with Gasteiger partial charge in [0.05, 0.1) is 12.6 Å². The lowest BCUT2D eigenvalue weighted by Crippen LogP contribution is -2.24. The van der Waals surface area contributed by atoms with Gasteiger partial charge in [0.2, 0.25) is 5.88 Å². The Labute approximate surface area is 165 Å². The van der Waals surface area contributed by atoms with Crippen molar-refractivity contribution in [2.45, 2.75) is 26.2 Å². The molecule has 3 aromatic rings. The summed E-state index contributed by atoms with van der Waals surface area (Å²) in [6, 6.07) is 9.94. The summed E-state index contributed by atoms with van der Waals surface area (Å²) < 4.78 is 5.16. The van der Waals surface area contributed by atoms with Crippen LogP contribution in [0.2, 0.25) is 0 Å². The fourth-order valence-corrected chi connectivity index (χ4v) is 3.80. The lowest BCUT2D eigenvalue weighted by atomic mass is 10.1. The molecule has 4 rings (SSSR count). The number of pyridine rings is 2. The summed E-state index contributed by atoms with van der Waals surface area (Å²) in [5, 5.41) is 3.48. The van der Waals surface area contributed by atoms with Crippen LogP contribution in [0.3, 0.4) is 0 Å². The minimum absolute atomic E-state index is 0.600. The van der Waals surface area contributed by atoms with Crippen LogP contribution in [0, 0.1) is 12.8 Å². The van der Waals surface area contributed by atoms with Gasteiger partial charge in [0.1, 0.15) is 11.6 Å². The fourth-order valence-electron chi connectivity index (χ4n) is 3.80. The fraction of sp³-hybridized carbons (Fsp3) is 0.476. The highest BCUT2D eigenvalue weighted by Gasteiger charge is 2.22. The Morgan fingerprint density at radius 1 is 1.21 bits per heavy atom. The first-order valence-corrected chi connectivity index (χ1v) is 9.99. The number of ether oxygens (including phenoxy) is 1. The first-order chi connectivity index (χ1) is 13.7. The second-order valence-corrected chi connectivity index (χ2v) is 7.51. The van der Waals surface area contributed by atoms with E-state index in [9.17, 15) is 0 Å². The summed E-state index contributed by atoms with van der Waals surface area (Å²) in [6.45, 7) is 6.44. The number of fused-ring (bicyclic) bond motifs is 1. The molecule has 7 nitrogen and oxygen atoms in total. The maximum Gasteiger partial charge on any atom is 0.215 e. The highest BCUT2D eigenvalue weighted by Crippen LogP contribution is 2.18. The van der Waals surface area contributed by atoms with Gasteiger partial charge in [-0.2, -0.15) is 4.98 Å². The highest BCUT2D eigenvalue weighted by molar-refractivity contribution is 5.71. The van der Waals surface area contributed by atoms with Crippen molar-refractivity contribution in [1.29, 1.82) is 0 Å². The average Bonchev–Trinajstić information content (AvgIpc) is 3.32. The number of H-pyrrole nitrogens is 1. The molecule has 0 aliphatic carbocycles. The largest absolute Gasteiger partial charge is 0.481 e. The SMILES string of the molecule is COc1ccc2[nH]c(CCCN3CC[C@@H](CNc4cccc(C)n4)C3)nc2n1. The molecule has 2 N–H and O–H groups in total. The third-order valence-electron chi connectivity index (χ3n) is 5.30. The van der Waals surface area contributed by atoms with Gasteiger partial charge in [0, 0.05) is 31.3 Å². The zero-order chi connectivity index (χ0) is 19.3. The van der Waals surface area contributed by atoms with E-state index in [1.165, 1.54) is 13.0 Å². The van der Waals surface area contributed by atoms with Gasteiger partial charge < -0.3 is 19.9 Å². The van der Waals surface area contributed by atoms with Crippen molar-refractivity contribution < 1.29 is 4.74 Å². The van der Waals surface area contributed by atoms with Crippen LogP contribution in [-0.4, -0.2) is 58.1 Å². The van der Waals surface area contributed by atoms with E-state index < -0.39 is 0 Å². The number of aromatic amines is 1. The van der Waals surface area contributed by atoms with Crippen molar-refractivity contribution in [1.82, 2.24) is 24.8 Å². The Bertz CT molecular complexity index is 924. The van der Waals surface area contributed by atoms with Crippen molar-refractivity contribution in [2.75, 3.05) is 38.6 Å². The average molecular weight is 380 g/mol. The summed E-state index contributed by atoms with van der Waals surface area (Å²) >= 11 is 0.